The Morgan fingerprint density at radius 1 is 1.50 bits per heavy atom. The molecule has 0 saturated heterocycles. The lowest BCUT2D eigenvalue weighted by Crippen LogP contribution is -2.01. The Morgan fingerprint density at radius 2 is 2.25 bits per heavy atom. The van der Waals surface area contributed by atoms with Crippen LogP contribution in [0.4, 0.5) is 0 Å². The van der Waals surface area contributed by atoms with E-state index in [-0.39, 0.29) is 0 Å². The Hall–Kier alpha value is -0.630. The summed E-state index contributed by atoms with van der Waals surface area (Å²) in [4.78, 5) is 8.45. The molecule has 0 unspecified atom stereocenters. The lowest BCUT2D eigenvalue weighted by atomic mass is 10.1. The summed E-state index contributed by atoms with van der Waals surface area (Å²) in [6, 6.07) is 1.84. The van der Waals surface area contributed by atoms with E-state index in [1.54, 1.807) is 6.20 Å². The SMILES string of the molecule is CC(C)Cc1nccc(CCl)n1. The number of nitrogens with zero attached hydrogens (tertiary/aromatic N) is 2. The van der Waals surface area contributed by atoms with Gasteiger partial charge in [0, 0.05) is 12.6 Å². The lowest BCUT2D eigenvalue weighted by molar-refractivity contribution is 0.618. The van der Waals surface area contributed by atoms with Crippen molar-refractivity contribution in [3.8, 4) is 0 Å². The molecule has 3 heteroatoms. The molecule has 12 heavy (non-hydrogen) atoms. The summed E-state index contributed by atoms with van der Waals surface area (Å²) < 4.78 is 0. The highest BCUT2D eigenvalue weighted by Gasteiger charge is 2.00. The Bertz CT molecular complexity index is 248. The number of rotatable bonds is 3. The second-order valence-electron chi connectivity index (χ2n) is 3.20. The summed E-state index contributed by atoms with van der Waals surface area (Å²) in [6.45, 7) is 4.30. The molecule has 0 aromatic carbocycles. The van der Waals surface area contributed by atoms with Crippen LogP contribution in [0.1, 0.15) is 25.4 Å². The second kappa shape index (κ2) is 4.41. The average Bonchev–Trinajstić information content (AvgIpc) is 2.03. The second-order valence-corrected chi connectivity index (χ2v) is 3.46. The minimum atomic E-state index is 0.466. The normalized spacial score (nSPS) is 10.7. The highest BCUT2D eigenvalue weighted by Crippen LogP contribution is 2.04. The van der Waals surface area contributed by atoms with Gasteiger partial charge in [0.1, 0.15) is 5.82 Å². The summed E-state index contributed by atoms with van der Waals surface area (Å²) in [5, 5.41) is 0. The molecule has 0 bridgehead atoms. The largest absolute Gasteiger partial charge is 0.241 e. The number of alkyl halides is 1. The van der Waals surface area contributed by atoms with Crippen molar-refractivity contribution in [1.29, 1.82) is 0 Å². The van der Waals surface area contributed by atoms with E-state index < -0.39 is 0 Å². The van der Waals surface area contributed by atoms with Crippen molar-refractivity contribution >= 4 is 11.6 Å². The third kappa shape index (κ3) is 2.78. The van der Waals surface area contributed by atoms with Crippen LogP contribution in [0.2, 0.25) is 0 Å². The molecular weight excluding hydrogens is 172 g/mol. The summed E-state index contributed by atoms with van der Waals surface area (Å²) in [5.74, 6) is 1.95. The Morgan fingerprint density at radius 3 is 2.83 bits per heavy atom. The number of hydrogen-bond donors (Lipinski definition) is 0. The fourth-order valence-electron chi connectivity index (χ4n) is 0.979. The predicted octanol–water partition coefficient (Wildman–Crippen LogP) is 2.41. The zero-order valence-corrected chi connectivity index (χ0v) is 8.17. The molecule has 0 aliphatic carbocycles. The van der Waals surface area contributed by atoms with E-state index in [2.05, 4.69) is 23.8 Å². The highest BCUT2D eigenvalue weighted by molar-refractivity contribution is 6.16. The third-order valence-electron chi connectivity index (χ3n) is 1.49. The quantitative estimate of drug-likeness (QED) is 0.675. The molecule has 0 radical (unpaired) electrons. The van der Waals surface area contributed by atoms with E-state index in [9.17, 15) is 0 Å². The van der Waals surface area contributed by atoms with Crippen LogP contribution in [-0.2, 0) is 12.3 Å². The number of hydrogen-bond acceptors (Lipinski definition) is 2. The van der Waals surface area contributed by atoms with Crippen molar-refractivity contribution in [2.75, 3.05) is 0 Å². The zero-order chi connectivity index (χ0) is 8.97. The molecule has 0 N–H and O–H groups in total. The standard InChI is InChI=1S/C9H13ClN2/c1-7(2)5-9-11-4-3-8(6-10)12-9/h3-4,7H,5-6H2,1-2H3. The van der Waals surface area contributed by atoms with Crippen LogP contribution < -0.4 is 0 Å². The van der Waals surface area contributed by atoms with Gasteiger partial charge >= 0.3 is 0 Å². The van der Waals surface area contributed by atoms with E-state index in [0.29, 0.717) is 11.8 Å². The van der Waals surface area contributed by atoms with Crippen LogP contribution in [0.15, 0.2) is 12.3 Å². The van der Waals surface area contributed by atoms with Crippen molar-refractivity contribution in [2.24, 2.45) is 5.92 Å². The van der Waals surface area contributed by atoms with Crippen LogP contribution in [0.25, 0.3) is 0 Å². The van der Waals surface area contributed by atoms with Gasteiger partial charge < -0.3 is 0 Å². The van der Waals surface area contributed by atoms with Crippen LogP contribution in [0.3, 0.4) is 0 Å². The molecule has 0 amide bonds. The van der Waals surface area contributed by atoms with E-state index in [0.717, 1.165) is 17.9 Å². The van der Waals surface area contributed by atoms with Gasteiger partial charge in [-0.25, -0.2) is 9.97 Å². The Labute approximate surface area is 78.0 Å². The summed E-state index contributed by atoms with van der Waals surface area (Å²) in [7, 11) is 0. The van der Waals surface area contributed by atoms with E-state index in [4.69, 9.17) is 11.6 Å². The lowest BCUT2D eigenvalue weighted by Gasteiger charge is -2.03. The Balaban J connectivity index is 2.72. The molecule has 0 aliphatic rings. The zero-order valence-electron chi connectivity index (χ0n) is 7.42. The van der Waals surface area contributed by atoms with Crippen molar-refractivity contribution in [3.05, 3.63) is 23.8 Å². The van der Waals surface area contributed by atoms with Crippen molar-refractivity contribution < 1.29 is 0 Å². The van der Waals surface area contributed by atoms with Gasteiger partial charge in [-0.05, 0) is 12.0 Å². The molecule has 1 heterocycles. The van der Waals surface area contributed by atoms with E-state index in [1.165, 1.54) is 0 Å². The van der Waals surface area contributed by atoms with Gasteiger partial charge in [-0.1, -0.05) is 13.8 Å². The molecule has 0 fully saturated rings. The van der Waals surface area contributed by atoms with Crippen LogP contribution in [0.5, 0.6) is 0 Å². The fourth-order valence-corrected chi connectivity index (χ4v) is 1.13. The third-order valence-corrected chi connectivity index (χ3v) is 1.76. The average molecular weight is 185 g/mol. The molecule has 1 aromatic heterocycles. The van der Waals surface area contributed by atoms with Crippen molar-refractivity contribution in [3.63, 3.8) is 0 Å². The Kier molecular flexibility index (Phi) is 3.48. The van der Waals surface area contributed by atoms with Crippen LogP contribution in [-0.4, -0.2) is 9.97 Å². The molecule has 66 valence electrons. The molecular formula is C9H13ClN2. The number of halogens is 1. The fraction of sp³-hybridized carbons (Fsp3) is 0.556. The predicted molar refractivity (Wildman–Crippen MR) is 50.1 cm³/mol. The topological polar surface area (TPSA) is 25.8 Å². The number of aromatic nitrogens is 2. The molecule has 2 nitrogen and oxygen atoms in total. The maximum Gasteiger partial charge on any atom is 0.128 e. The first-order chi connectivity index (χ1) is 5.72. The molecule has 0 aliphatic heterocycles. The van der Waals surface area contributed by atoms with Crippen molar-refractivity contribution in [2.45, 2.75) is 26.1 Å². The summed E-state index contributed by atoms with van der Waals surface area (Å²) in [5.41, 5.74) is 0.905. The minimum absolute atomic E-state index is 0.466. The van der Waals surface area contributed by atoms with Crippen LogP contribution >= 0.6 is 11.6 Å². The first kappa shape index (κ1) is 9.46. The van der Waals surface area contributed by atoms with Gasteiger partial charge in [0.05, 0.1) is 11.6 Å². The van der Waals surface area contributed by atoms with Gasteiger partial charge in [0.2, 0.25) is 0 Å². The first-order valence-electron chi connectivity index (χ1n) is 4.09. The van der Waals surface area contributed by atoms with E-state index >= 15 is 0 Å². The van der Waals surface area contributed by atoms with Gasteiger partial charge in [-0.2, -0.15) is 0 Å². The maximum atomic E-state index is 5.65. The van der Waals surface area contributed by atoms with Crippen LogP contribution in [0, 0.1) is 5.92 Å². The smallest absolute Gasteiger partial charge is 0.128 e. The van der Waals surface area contributed by atoms with Crippen molar-refractivity contribution in [1.82, 2.24) is 9.97 Å². The summed E-state index contributed by atoms with van der Waals surface area (Å²) >= 11 is 5.65. The van der Waals surface area contributed by atoms with E-state index in [1.807, 2.05) is 6.07 Å². The highest BCUT2D eigenvalue weighted by atomic mass is 35.5. The minimum Gasteiger partial charge on any atom is -0.241 e. The summed E-state index contributed by atoms with van der Waals surface area (Å²) in [6.07, 6.45) is 2.69. The molecule has 1 rings (SSSR count). The maximum absolute atomic E-state index is 5.65. The molecule has 0 atom stereocenters. The van der Waals surface area contributed by atoms with Gasteiger partial charge in [-0.3, -0.25) is 0 Å². The molecule has 0 saturated carbocycles. The van der Waals surface area contributed by atoms with Gasteiger partial charge in [0.25, 0.3) is 0 Å². The van der Waals surface area contributed by atoms with Gasteiger partial charge in [0.15, 0.2) is 0 Å². The monoisotopic (exact) mass is 184 g/mol. The molecule has 0 spiro atoms. The molecule has 1 aromatic rings. The first-order valence-corrected chi connectivity index (χ1v) is 4.62. The van der Waals surface area contributed by atoms with Gasteiger partial charge in [-0.15, -0.1) is 11.6 Å².